The molecule has 0 saturated carbocycles. The fraction of sp³-hybridized carbons (Fsp3) is 0.188. The monoisotopic (exact) mass is 522 g/mol. The number of carbonyl (C=O) groups excluding carboxylic acids is 2. The van der Waals surface area contributed by atoms with Crippen LogP contribution in [0, 0.1) is 0 Å². The van der Waals surface area contributed by atoms with Gasteiger partial charge in [-0.3, -0.25) is 14.5 Å². The van der Waals surface area contributed by atoms with Crippen molar-refractivity contribution >= 4 is 45.4 Å². The van der Waals surface area contributed by atoms with E-state index in [2.05, 4.69) is 18.7 Å². The maximum Gasteiger partial charge on any atom is 0.293 e. The van der Waals surface area contributed by atoms with Gasteiger partial charge in [0.2, 0.25) is 0 Å². The number of anilines is 1. The Morgan fingerprint density at radius 2 is 1.61 bits per heavy atom. The summed E-state index contributed by atoms with van der Waals surface area (Å²) in [7, 11) is 0. The Morgan fingerprint density at radius 1 is 0.868 bits per heavy atom. The van der Waals surface area contributed by atoms with E-state index in [9.17, 15) is 9.59 Å². The van der Waals surface area contributed by atoms with Gasteiger partial charge in [0.15, 0.2) is 0 Å². The number of hydrogen-bond donors (Lipinski definition) is 0. The molecule has 192 valence electrons. The van der Waals surface area contributed by atoms with Gasteiger partial charge in [0, 0.05) is 30.4 Å². The molecule has 0 radical (unpaired) electrons. The molecule has 1 fully saturated rings. The first-order valence-corrected chi connectivity index (χ1v) is 13.7. The lowest BCUT2D eigenvalue weighted by Gasteiger charge is -2.22. The molecular weight excluding hydrogens is 492 g/mol. The highest BCUT2D eigenvalue weighted by Crippen LogP contribution is 2.37. The number of rotatable bonds is 9. The Balaban J connectivity index is 1.43. The van der Waals surface area contributed by atoms with Crippen molar-refractivity contribution in [2.24, 2.45) is 0 Å². The number of carbonyl (C=O) groups is 2. The molecule has 1 heterocycles. The minimum Gasteiger partial charge on any atom is -0.488 e. The van der Waals surface area contributed by atoms with Gasteiger partial charge in [-0.05, 0) is 65.7 Å². The van der Waals surface area contributed by atoms with Crippen molar-refractivity contribution in [3.8, 4) is 5.75 Å². The third kappa shape index (κ3) is 5.46. The molecule has 0 unspecified atom stereocenters. The van der Waals surface area contributed by atoms with Crippen LogP contribution in [0.1, 0.15) is 30.5 Å². The van der Waals surface area contributed by atoms with Crippen LogP contribution in [0.4, 0.5) is 10.5 Å². The van der Waals surface area contributed by atoms with Gasteiger partial charge >= 0.3 is 0 Å². The molecule has 0 spiro atoms. The minimum absolute atomic E-state index is 0.238. The van der Waals surface area contributed by atoms with E-state index in [4.69, 9.17) is 4.74 Å². The van der Waals surface area contributed by atoms with E-state index in [1.807, 2.05) is 91.0 Å². The summed E-state index contributed by atoms with van der Waals surface area (Å²) in [5.74, 6) is 0.397. The van der Waals surface area contributed by atoms with Crippen LogP contribution in [0.5, 0.6) is 5.75 Å². The van der Waals surface area contributed by atoms with Crippen molar-refractivity contribution in [2.45, 2.75) is 27.0 Å². The highest BCUT2D eigenvalue weighted by molar-refractivity contribution is 8.18. The van der Waals surface area contributed by atoms with Crippen molar-refractivity contribution in [1.82, 2.24) is 4.90 Å². The molecule has 4 aromatic carbocycles. The standard InChI is InChI=1S/C32H30N2O3S/c1-3-33(4-2)27-18-17-25(29(20-27)37-22-23-11-6-5-7-12-23)19-30-31(35)34(32(36)38-30)21-26-15-10-14-24-13-8-9-16-28(24)26/h5-20H,3-4,21-22H2,1-2H3/b30-19+. The zero-order valence-electron chi connectivity index (χ0n) is 21.6. The molecule has 5 rings (SSSR count). The van der Waals surface area contributed by atoms with Gasteiger partial charge in [-0.25, -0.2) is 0 Å². The third-order valence-electron chi connectivity index (χ3n) is 6.73. The Morgan fingerprint density at radius 3 is 2.39 bits per heavy atom. The molecule has 4 aromatic rings. The first kappa shape index (κ1) is 25.6. The molecule has 0 bridgehead atoms. The molecular formula is C32H30N2O3S. The quantitative estimate of drug-likeness (QED) is 0.213. The van der Waals surface area contributed by atoms with Crippen LogP contribution in [0.15, 0.2) is 95.9 Å². The number of benzene rings is 4. The highest BCUT2D eigenvalue weighted by Gasteiger charge is 2.35. The molecule has 1 saturated heterocycles. The van der Waals surface area contributed by atoms with E-state index in [0.717, 1.165) is 58.0 Å². The smallest absolute Gasteiger partial charge is 0.293 e. The van der Waals surface area contributed by atoms with Crippen LogP contribution >= 0.6 is 11.8 Å². The second kappa shape index (κ2) is 11.6. The Labute approximate surface area is 227 Å². The molecule has 5 nitrogen and oxygen atoms in total. The normalized spacial score (nSPS) is 14.5. The number of amides is 2. The largest absolute Gasteiger partial charge is 0.488 e. The molecule has 0 aromatic heterocycles. The summed E-state index contributed by atoms with van der Waals surface area (Å²) in [6, 6.07) is 30.0. The average Bonchev–Trinajstić information content (AvgIpc) is 3.21. The molecule has 0 atom stereocenters. The van der Waals surface area contributed by atoms with Crippen LogP contribution in [0.2, 0.25) is 0 Å². The van der Waals surface area contributed by atoms with Gasteiger partial charge in [-0.15, -0.1) is 0 Å². The molecule has 38 heavy (non-hydrogen) atoms. The van der Waals surface area contributed by atoms with Crippen molar-refractivity contribution in [2.75, 3.05) is 18.0 Å². The average molecular weight is 523 g/mol. The summed E-state index contributed by atoms with van der Waals surface area (Å²) in [4.78, 5) is 30.3. The maximum absolute atomic E-state index is 13.4. The summed E-state index contributed by atoms with van der Waals surface area (Å²) >= 11 is 0.977. The van der Waals surface area contributed by atoms with E-state index in [1.165, 1.54) is 4.90 Å². The predicted molar refractivity (Wildman–Crippen MR) is 156 cm³/mol. The third-order valence-corrected chi connectivity index (χ3v) is 7.64. The van der Waals surface area contributed by atoms with Gasteiger partial charge in [0.1, 0.15) is 12.4 Å². The van der Waals surface area contributed by atoms with Crippen molar-refractivity contribution in [3.63, 3.8) is 0 Å². The van der Waals surface area contributed by atoms with E-state index in [-0.39, 0.29) is 17.7 Å². The van der Waals surface area contributed by atoms with Gasteiger partial charge in [-0.1, -0.05) is 72.8 Å². The first-order chi connectivity index (χ1) is 18.6. The Bertz CT molecular complexity index is 1490. The van der Waals surface area contributed by atoms with Crippen LogP contribution in [-0.2, 0) is 17.9 Å². The Kier molecular flexibility index (Phi) is 7.80. The number of thioether (sulfide) groups is 1. The molecule has 0 aliphatic carbocycles. The van der Waals surface area contributed by atoms with Crippen molar-refractivity contribution in [3.05, 3.63) is 113 Å². The molecule has 0 N–H and O–H groups in total. The summed E-state index contributed by atoms with van der Waals surface area (Å²) in [5.41, 5.74) is 3.83. The lowest BCUT2D eigenvalue weighted by molar-refractivity contribution is -0.123. The van der Waals surface area contributed by atoms with Crippen LogP contribution in [0.25, 0.3) is 16.8 Å². The zero-order valence-corrected chi connectivity index (χ0v) is 22.4. The predicted octanol–water partition coefficient (Wildman–Crippen LogP) is 7.50. The van der Waals surface area contributed by atoms with Crippen molar-refractivity contribution in [1.29, 1.82) is 0 Å². The van der Waals surface area contributed by atoms with E-state index in [1.54, 1.807) is 6.08 Å². The van der Waals surface area contributed by atoms with Gasteiger partial charge in [0.25, 0.3) is 11.1 Å². The van der Waals surface area contributed by atoms with E-state index in [0.29, 0.717) is 17.3 Å². The fourth-order valence-corrected chi connectivity index (χ4v) is 5.50. The van der Waals surface area contributed by atoms with Gasteiger partial charge in [0.05, 0.1) is 11.4 Å². The first-order valence-electron chi connectivity index (χ1n) is 12.8. The number of ether oxygens (including phenoxy) is 1. The second-order valence-electron chi connectivity index (χ2n) is 9.07. The molecule has 2 amide bonds. The minimum atomic E-state index is -0.283. The van der Waals surface area contributed by atoms with Gasteiger partial charge in [-0.2, -0.15) is 0 Å². The lowest BCUT2D eigenvalue weighted by atomic mass is 10.0. The molecule has 6 heteroatoms. The SMILES string of the molecule is CCN(CC)c1ccc(/C=C2/SC(=O)N(Cc3cccc4ccccc34)C2=O)c(OCc2ccccc2)c1. The van der Waals surface area contributed by atoms with Crippen molar-refractivity contribution < 1.29 is 14.3 Å². The Hall–Kier alpha value is -4.03. The van der Waals surface area contributed by atoms with Crippen LogP contribution in [-0.4, -0.2) is 29.1 Å². The second-order valence-corrected chi connectivity index (χ2v) is 10.1. The topological polar surface area (TPSA) is 49.9 Å². The summed E-state index contributed by atoms with van der Waals surface area (Å²) in [5, 5.41) is 1.86. The van der Waals surface area contributed by atoms with Crippen LogP contribution in [0.3, 0.4) is 0 Å². The highest BCUT2D eigenvalue weighted by atomic mass is 32.2. The molecule has 1 aliphatic heterocycles. The number of fused-ring (bicyclic) bond motifs is 1. The fourth-order valence-electron chi connectivity index (χ4n) is 4.67. The summed E-state index contributed by atoms with van der Waals surface area (Å²) in [6.45, 7) is 6.64. The summed E-state index contributed by atoms with van der Waals surface area (Å²) < 4.78 is 6.26. The van der Waals surface area contributed by atoms with E-state index >= 15 is 0 Å². The van der Waals surface area contributed by atoms with E-state index < -0.39 is 0 Å². The number of imide groups is 1. The van der Waals surface area contributed by atoms with Crippen LogP contribution < -0.4 is 9.64 Å². The zero-order chi connectivity index (χ0) is 26.5. The summed E-state index contributed by atoms with van der Waals surface area (Å²) in [6.07, 6.45) is 1.78. The number of hydrogen-bond acceptors (Lipinski definition) is 5. The number of nitrogens with zero attached hydrogens (tertiary/aromatic N) is 2. The molecule has 1 aliphatic rings. The van der Waals surface area contributed by atoms with Gasteiger partial charge < -0.3 is 9.64 Å². The lowest BCUT2D eigenvalue weighted by Crippen LogP contribution is -2.27. The maximum atomic E-state index is 13.4.